The molecule has 0 saturated heterocycles. The number of aliphatic hydroxyl groups excluding tert-OH is 2. The van der Waals surface area contributed by atoms with E-state index < -0.39 is 51.1 Å². The first-order valence-corrected chi connectivity index (χ1v) is 9.95. The quantitative estimate of drug-likeness (QED) is 0.110. The van der Waals surface area contributed by atoms with Crippen molar-refractivity contribution >= 4 is 280 Å². The number of carboxylic acid groups (broad SMARTS) is 2. The van der Waals surface area contributed by atoms with Gasteiger partial charge in [0.15, 0.2) is 12.2 Å². The van der Waals surface area contributed by atoms with Gasteiger partial charge in [-0.3, -0.25) is 9.11 Å². The first-order chi connectivity index (χ1) is 11.0. The Morgan fingerprint density at radius 2 is 0.757 bits per heavy atom. The van der Waals surface area contributed by atoms with Crippen LogP contribution in [0.25, 0.3) is 0 Å². The van der Waals surface area contributed by atoms with Crippen molar-refractivity contribution in [1.82, 2.24) is 0 Å². The molecule has 0 amide bonds. The topological polar surface area (TPSA) is 385 Å². The molecule has 37 heavy (non-hydrogen) atoms. The van der Waals surface area contributed by atoms with Gasteiger partial charge in [0.05, 0.1) is 0 Å². The Balaban J connectivity index is -0.0000000177. The monoisotopic (exact) mass is 874 g/mol. The number of aliphatic hydroxyl groups is 2. The second-order valence-electron chi connectivity index (χ2n) is 2.88. The minimum absolute atomic E-state index is 0. The molecular formula is C5H22Cl2Cu2K2Na4NiO19S2. The standard InChI is InChI=1S/C4H6O12S2.CH2O3.2ClH.2Cu.2K.4Na.Ni.4H2O.6H/c5-1(3(7)15-17(9,10)11)2(6)4(8)16-18(12,13)14;2-1(3)4;;;;;;;;;;;;;;;;;;;;;/h1-2,5-6H,(H,9,10,11)(H,12,13,14);(H2,2,3,4);2*1H;;;;;;;;;;4*1H2;;;;;;/q;;;;;;;;;;;;+2;;;;;;;;;;/p-2. The van der Waals surface area contributed by atoms with Gasteiger partial charge in [0.25, 0.3) is 0 Å². The molecule has 14 N–H and O–H groups in total. The van der Waals surface area contributed by atoms with E-state index >= 15 is 0 Å². The average Bonchev–Trinajstić information content (AvgIpc) is 2.33. The Hall–Kier alpha value is 7.18. The van der Waals surface area contributed by atoms with E-state index in [-0.39, 0.29) is 277 Å². The van der Waals surface area contributed by atoms with Crippen LogP contribution in [0.3, 0.4) is 0 Å². The Bertz CT molecular complexity index is 631. The molecule has 19 nitrogen and oxygen atoms in total. The van der Waals surface area contributed by atoms with E-state index in [4.69, 9.17) is 54.7 Å². The second kappa shape index (κ2) is 55.6. The van der Waals surface area contributed by atoms with Gasteiger partial charge in [0.1, 0.15) is 0 Å². The van der Waals surface area contributed by atoms with Crippen LogP contribution in [-0.4, -0.2) is 320 Å². The zero-order valence-corrected chi connectivity index (χ0v) is 19.5. The summed E-state index contributed by atoms with van der Waals surface area (Å²) in [6, 6.07) is 0. The number of carbonyl (C=O) groups is 3. The van der Waals surface area contributed by atoms with Crippen molar-refractivity contribution in [1.29, 1.82) is 0 Å². The van der Waals surface area contributed by atoms with Gasteiger partial charge in [0.2, 0.25) is 0 Å². The van der Waals surface area contributed by atoms with Crippen LogP contribution in [0.2, 0.25) is 0 Å². The van der Waals surface area contributed by atoms with Crippen molar-refractivity contribution in [3.8, 4) is 0 Å². The molecule has 0 aliphatic carbocycles. The number of hydrogen-bond donors (Lipinski definition) is 6. The molecule has 0 saturated carbocycles. The van der Waals surface area contributed by atoms with E-state index in [9.17, 15) is 26.4 Å². The molecule has 220 valence electrons. The van der Waals surface area contributed by atoms with Crippen LogP contribution in [0.5, 0.6) is 0 Å². The summed E-state index contributed by atoms with van der Waals surface area (Å²) >= 11 is 0.569. The average molecular weight is 877 g/mol. The number of halogens is 2. The van der Waals surface area contributed by atoms with Crippen molar-refractivity contribution in [2.45, 2.75) is 12.2 Å². The van der Waals surface area contributed by atoms with Crippen molar-refractivity contribution in [3.05, 3.63) is 0 Å². The molecule has 0 aliphatic rings. The third kappa shape index (κ3) is 86.0. The molecule has 0 aliphatic heterocycles. The fourth-order valence-corrected chi connectivity index (χ4v) is 1.18. The van der Waals surface area contributed by atoms with Gasteiger partial charge in [-0.25, -0.2) is 14.4 Å². The molecule has 0 aromatic carbocycles. The summed E-state index contributed by atoms with van der Waals surface area (Å²) in [5.74, 6) is -4.37. The van der Waals surface area contributed by atoms with E-state index in [1.54, 1.807) is 0 Å². The van der Waals surface area contributed by atoms with Gasteiger partial charge in [-0.2, -0.15) is 16.8 Å². The summed E-state index contributed by atoms with van der Waals surface area (Å²) in [4.78, 5) is 29.9. The number of carbonyl (C=O) groups excluding carboxylic acids is 2. The third-order valence-electron chi connectivity index (χ3n) is 1.16. The normalized spacial score (nSPS) is 8.81. The molecule has 0 rings (SSSR count). The summed E-state index contributed by atoms with van der Waals surface area (Å²) < 4.78 is 62.5. The Morgan fingerprint density at radius 1 is 0.649 bits per heavy atom. The molecule has 0 bridgehead atoms. The van der Waals surface area contributed by atoms with Crippen molar-refractivity contribution in [2.24, 2.45) is 0 Å². The molecule has 0 fully saturated rings. The third-order valence-corrected chi connectivity index (χ3v) is 1.91. The molecule has 0 aromatic rings. The zero-order chi connectivity index (χ0) is 21.0. The molecule has 32 heteroatoms. The predicted molar refractivity (Wildman–Crippen MR) is 127 cm³/mol. The van der Waals surface area contributed by atoms with Gasteiger partial charge in [-0.15, -0.1) is 0 Å². The Labute approximate surface area is 419 Å². The predicted octanol–water partition coefficient (Wildman–Crippen LogP) is -9.20. The SMILES string of the molecule is O.O.O.O.O=C(O)O.O=C(OS(=O)(=O)O)C(O)C(O)C(=O)OS(=O)(=O)O.[Cl][Ni][Cl].[Cu].[Cu].[KH].[KH].[NaH].[NaH].[NaH].[NaH]. The Kier molecular flexibility index (Phi) is 145. The van der Waals surface area contributed by atoms with Crippen LogP contribution in [0.1, 0.15) is 0 Å². The fraction of sp³-hybridized carbons (Fsp3) is 0.400. The summed E-state index contributed by atoms with van der Waals surface area (Å²) in [7, 11) is -1.20. The van der Waals surface area contributed by atoms with Gasteiger partial charge in [0, 0.05) is 34.1 Å². The summed E-state index contributed by atoms with van der Waals surface area (Å²) in [6.45, 7) is 0. The molecule has 0 spiro atoms. The van der Waals surface area contributed by atoms with E-state index in [0.717, 1.165) is 0 Å². The van der Waals surface area contributed by atoms with Crippen LogP contribution in [0, 0.1) is 0 Å². The van der Waals surface area contributed by atoms with Crippen LogP contribution >= 0.6 is 20.4 Å². The van der Waals surface area contributed by atoms with Gasteiger partial charge in [-0.1, -0.05) is 0 Å². The van der Waals surface area contributed by atoms with Crippen molar-refractivity contribution in [2.75, 3.05) is 0 Å². The summed E-state index contributed by atoms with van der Waals surface area (Å²) in [6.07, 6.45) is -7.58. The van der Waals surface area contributed by atoms with Crippen LogP contribution in [-0.2, 0) is 85.5 Å². The summed E-state index contributed by atoms with van der Waals surface area (Å²) in [5.41, 5.74) is 0. The minimum atomic E-state index is -5.30. The molecule has 2 radical (unpaired) electrons. The van der Waals surface area contributed by atoms with Crippen molar-refractivity contribution in [3.63, 3.8) is 0 Å². The van der Waals surface area contributed by atoms with Gasteiger partial charge < -0.3 is 50.7 Å². The molecular weight excluding hydrogens is 855 g/mol. The first-order valence-electron chi connectivity index (χ1n) is 4.50. The van der Waals surface area contributed by atoms with Crippen molar-refractivity contribution < 1.29 is 138 Å². The van der Waals surface area contributed by atoms with E-state index in [2.05, 4.69) is 8.37 Å². The fourth-order valence-electron chi connectivity index (χ4n) is 0.564. The molecule has 0 heterocycles. The number of hydrogen-bond acceptors (Lipinski definition) is 11. The second-order valence-corrected chi connectivity index (χ2v) is 6.55. The molecule has 0 aromatic heterocycles. The van der Waals surface area contributed by atoms with E-state index in [1.807, 2.05) is 0 Å². The van der Waals surface area contributed by atoms with E-state index in [1.165, 1.54) is 0 Å². The summed E-state index contributed by atoms with van der Waals surface area (Å²) in [5, 5.41) is 31.6. The molecule has 2 atom stereocenters. The van der Waals surface area contributed by atoms with Crippen LogP contribution < -0.4 is 0 Å². The molecule has 2 unspecified atom stereocenters. The zero-order valence-electron chi connectivity index (χ0n) is 13.5. The number of rotatable bonds is 5. The maximum absolute atomic E-state index is 10.7. The van der Waals surface area contributed by atoms with Crippen LogP contribution in [0.4, 0.5) is 4.79 Å². The maximum atomic E-state index is 10.7. The van der Waals surface area contributed by atoms with Crippen LogP contribution in [0.15, 0.2) is 0 Å². The Morgan fingerprint density at radius 3 is 0.838 bits per heavy atom. The first kappa shape index (κ1) is 96.7. The van der Waals surface area contributed by atoms with E-state index in [0.29, 0.717) is 12.7 Å². The van der Waals surface area contributed by atoms with Gasteiger partial charge >= 0.3 is 293 Å². The van der Waals surface area contributed by atoms with Gasteiger partial charge in [-0.05, 0) is 0 Å².